The summed E-state index contributed by atoms with van der Waals surface area (Å²) in [7, 11) is 0. The lowest BCUT2D eigenvalue weighted by Gasteiger charge is -2.36. The molecule has 2 aliphatic heterocycles. The van der Waals surface area contributed by atoms with Crippen molar-refractivity contribution in [1.29, 1.82) is 5.26 Å². The van der Waals surface area contributed by atoms with Crippen LogP contribution in [0.2, 0.25) is 0 Å². The Balaban J connectivity index is 2.10. The van der Waals surface area contributed by atoms with E-state index in [1.165, 1.54) is 11.8 Å². The van der Waals surface area contributed by atoms with Crippen molar-refractivity contribution in [2.45, 2.75) is 66.3 Å². The van der Waals surface area contributed by atoms with E-state index in [4.69, 9.17) is 17.0 Å². The lowest BCUT2D eigenvalue weighted by atomic mass is 9.98. The number of piperidine rings is 1. The van der Waals surface area contributed by atoms with Gasteiger partial charge in [0, 0.05) is 45.0 Å². The number of carbonyl (C=O) groups excluding carboxylic acids is 1. The molecule has 0 aliphatic carbocycles. The van der Waals surface area contributed by atoms with Crippen molar-refractivity contribution in [3.05, 3.63) is 31.9 Å². The molecule has 0 bridgehead atoms. The number of amides is 1. The summed E-state index contributed by atoms with van der Waals surface area (Å²) < 4.78 is 7.70. The van der Waals surface area contributed by atoms with E-state index in [-0.39, 0.29) is 17.0 Å². The molecule has 2 fully saturated rings. The summed E-state index contributed by atoms with van der Waals surface area (Å²) >= 11 is 6.80. The number of nitriles is 1. The lowest BCUT2D eigenvalue weighted by Crippen LogP contribution is -2.40. The highest BCUT2D eigenvalue weighted by atomic mass is 32.2. The third-order valence-electron chi connectivity index (χ3n) is 6.56. The van der Waals surface area contributed by atoms with Crippen LogP contribution in [0.5, 0.6) is 0 Å². The molecule has 0 spiro atoms. The average molecular weight is 517 g/mol. The van der Waals surface area contributed by atoms with Crippen LogP contribution >= 0.6 is 24.0 Å². The Kier molecular flexibility index (Phi) is 9.96. The Morgan fingerprint density at radius 3 is 2.69 bits per heavy atom. The molecule has 9 heteroatoms. The van der Waals surface area contributed by atoms with Gasteiger partial charge in [-0.05, 0) is 57.1 Å². The molecule has 0 saturated carbocycles. The molecule has 1 amide bonds. The largest absolute Gasteiger partial charge is 0.382 e. The monoisotopic (exact) mass is 516 g/mol. The summed E-state index contributed by atoms with van der Waals surface area (Å²) in [5, 5.41) is 9.84. The van der Waals surface area contributed by atoms with Crippen LogP contribution in [0.3, 0.4) is 0 Å². The van der Waals surface area contributed by atoms with E-state index in [2.05, 4.69) is 24.8 Å². The van der Waals surface area contributed by atoms with Crippen molar-refractivity contribution in [3.8, 4) is 6.07 Å². The normalized spacial score (nSPS) is 19.6. The first-order valence-corrected chi connectivity index (χ1v) is 13.8. The molecule has 1 aromatic rings. The van der Waals surface area contributed by atoms with Crippen LogP contribution in [0.4, 0.5) is 5.82 Å². The first kappa shape index (κ1) is 27.4. The molecule has 7 nitrogen and oxygen atoms in total. The number of thioether (sulfide) groups is 1. The van der Waals surface area contributed by atoms with Crippen molar-refractivity contribution < 1.29 is 9.53 Å². The number of pyridine rings is 1. The van der Waals surface area contributed by atoms with E-state index in [1.54, 1.807) is 9.47 Å². The second kappa shape index (κ2) is 12.7. The number of anilines is 1. The summed E-state index contributed by atoms with van der Waals surface area (Å²) in [6.07, 6.45) is 6.54. The molecule has 0 radical (unpaired) electrons. The highest BCUT2D eigenvalue weighted by Crippen LogP contribution is 2.37. The fraction of sp³-hybridized carbons (Fsp3) is 0.615. The van der Waals surface area contributed by atoms with Crippen LogP contribution in [0.1, 0.15) is 69.6 Å². The predicted octanol–water partition coefficient (Wildman–Crippen LogP) is 4.69. The minimum atomic E-state index is -0.243. The van der Waals surface area contributed by atoms with Crippen molar-refractivity contribution >= 4 is 46.1 Å². The summed E-state index contributed by atoms with van der Waals surface area (Å²) in [5.41, 5.74) is 1.31. The van der Waals surface area contributed by atoms with Gasteiger partial charge in [-0.25, -0.2) is 0 Å². The fourth-order valence-electron chi connectivity index (χ4n) is 4.68. The fourth-order valence-corrected chi connectivity index (χ4v) is 5.97. The van der Waals surface area contributed by atoms with Crippen LogP contribution in [-0.4, -0.2) is 52.5 Å². The van der Waals surface area contributed by atoms with Crippen molar-refractivity contribution in [3.63, 3.8) is 0 Å². The minimum absolute atomic E-state index is 0.126. The maximum absolute atomic E-state index is 13.4. The topological polar surface area (TPSA) is 78.6 Å². The van der Waals surface area contributed by atoms with Crippen LogP contribution in [0.25, 0.3) is 6.08 Å². The Morgan fingerprint density at radius 2 is 2.03 bits per heavy atom. The van der Waals surface area contributed by atoms with Gasteiger partial charge < -0.3 is 9.64 Å². The minimum Gasteiger partial charge on any atom is -0.382 e. The van der Waals surface area contributed by atoms with E-state index >= 15 is 0 Å². The Morgan fingerprint density at radius 1 is 1.26 bits per heavy atom. The highest BCUT2D eigenvalue weighted by Gasteiger charge is 2.33. The van der Waals surface area contributed by atoms with Gasteiger partial charge in [0.25, 0.3) is 11.5 Å². The van der Waals surface area contributed by atoms with E-state index < -0.39 is 0 Å². The Hall–Kier alpha value is -2.15. The molecule has 1 atom stereocenters. The zero-order valence-corrected chi connectivity index (χ0v) is 22.9. The zero-order valence-electron chi connectivity index (χ0n) is 21.3. The number of aromatic nitrogens is 1. The summed E-state index contributed by atoms with van der Waals surface area (Å²) in [5.74, 6) is 1.21. The summed E-state index contributed by atoms with van der Waals surface area (Å²) in [4.78, 5) is 31.1. The summed E-state index contributed by atoms with van der Waals surface area (Å²) in [6.45, 7) is 12.0. The molecule has 3 rings (SSSR count). The Labute approximate surface area is 218 Å². The number of ether oxygens (including phenoxy) is 1. The predicted molar refractivity (Wildman–Crippen MR) is 147 cm³/mol. The van der Waals surface area contributed by atoms with Gasteiger partial charge >= 0.3 is 0 Å². The number of carbonyl (C=O) groups is 1. The molecule has 35 heavy (non-hydrogen) atoms. The van der Waals surface area contributed by atoms with Crippen molar-refractivity contribution in [2.24, 2.45) is 5.92 Å². The third-order valence-corrected chi connectivity index (χ3v) is 7.94. The average Bonchev–Trinajstić information content (AvgIpc) is 3.10. The Bertz CT molecular complexity index is 1090. The van der Waals surface area contributed by atoms with Gasteiger partial charge in [0.15, 0.2) is 0 Å². The first-order valence-electron chi connectivity index (χ1n) is 12.6. The molecule has 0 N–H and O–H groups in total. The first-order chi connectivity index (χ1) is 16.8. The smallest absolute Gasteiger partial charge is 0.270 e. The molecule has 1 aromatic heterocycles. The molecule has 1 unspecified atom stereocenters. The van der Waals surface area contributed by atoms with E-state index in [1.807, 2.05) is 19.9 Å². The molecule has 2 saturated heterocycles. The molecule has 2 aliphatic rings. The highest BCUT2D eigenvalue weighted by molar-refractivity contribution is 8.26. The van der Waals surface area contributed by atoms with Crippen LogP contribution < -0.4 is 10.5 Å². The SMILES string of the molecule is CCCCn1c(N2CCCC(C)C2)c(C=C2SC(=S)N(CCCOCC)C2=O)c(C)c(C#N)c1=O. The van der Waals surface area contributed by atoms with Gasteiger partial charge in [-0.2, -0.15) is 5.26 Å². The van der Waals surface area contributed by atoms with E-state index in [0.717, 1.165) is 50.2 Å². The lowest BCUT2D eigenvalue weighted by molar-refractivity contribution is -0.122. The van der Waals surface area contributed by atoms with Gasteiger partial charge in [0.05, 0.1) is 4.91 Å². The van der Waals surface area contributed by atoms with Crippen molar-refractivity contribution in [1.82, 2.24) is 9.47 Å². The third kappa shape index (κ3) is 6.16. The number of hydrogen-bond donors (Lipinski definition) is 0. The molecule has 3 heterocycles. The molecular formula is C26H36N4O3S2. The van der Waals surface area contributed by atoms with Crippen LogP contribution in [-0.2, 0) is 16.1 Å². The van der Waals surface area contributed by atoms with E-state index in [9.17, 15) is 14.9 Å². The quantitative estimate of drug-likeness (QED) is 0.254. The van der Waals surface area contributed by atoms with Gasteiger partial charge in [-0.3, -0.25) is 19.1 Å². The summed E-state index contributed by atoms with van der Waals surface area (Å²) in [6, 6.07) is 2.13. The molecule has 190 valence electrons. The second-order valence-electron chi connectivity index (χ2n) is 9.24. The molecule has 0 aromatic carbocycles. The number of nitrogens with zero attached hydrogens (tertiary/aromatic N) is 4. The zero-order chi connectivity index (χ0) is 25.5. The van der Waals surface area contributed by atoms with Gasteiger partial charge in [0.1, 0.15) is 21.8 Å². The molecular weight excluding hydrogens is 480 g/mol. The maximum Gasteiger partial charge on any atom is 0.270 e. The van der Waals surface area contributed by atoms with Crippen LogP contribution in [0.15, 0.2) is 9.70 Å². The van der Waals surface area contributed by atoms with Crippen molar-refractivity contribution in [2.75, 3.05) is 37.7 Å². The van der Waals surface area contributed by atoms with Gasteiger partial charge in [-0.15, -0.1) is 0 Å². The number of rotatable bonds is 10. The number of unbranched alkanes of at least 4 members (excludes halogenated alkanes) is 1. The van der Waals surface area contributed by atoms with E-state index in [0.29, 0.717) is 53.4 Å². The van der Waals surface area contributed by atoms with Crippen LogP contribution in [0, 0.1) is 24.2 Å². The van der Waals surface area contributed by atoms with Gasteiger partial charge in [-0.1, -0.05) is 44.2 Å². The van der Waals surface area contributed by atoms with Gasteiger partial charge in [0.2, 0.25) is 0 Å². The standard InChI is InChI=1S/C26H36N4O3S2/c1-5-7-12-29-23(28-11-8-10-18(3)17-28)20(19(4)21(16-27)24(29)31)15-22-25(32)30(26(34)35-22)13-9-14-33-6-2/h15,18H,5-14,17H2,1-4H3. The second-order valence-corrected chi connectivity index (χ2v) is 10.9. The number of thiocarbonyl (C=S) groups is 1. The maximum atomic E-state index is 13.4. The number of hydrogen-bond acceptors (Lipinski definition) is 7.